The van der Waals surface area contributed by atoms with Crippen molar-refractivity contribution < 1.29 is 40.5 Å². The highest BCUT2D eigenvalue weighted by molar-refractivity contribution is 7.36. The first-order chi connectivity index (χ1) is 58.7. The average Bonchev–Trinajstić information content (AvgIpc) is 1.61. The van der Waals surface area contributed by atoms with Crippen molar-refractivity contribution in [2.75, 3.05) is 0 Å². The first-order valence-electron chi connectivity index (χ1n) is 40.1. The van der Waals surface area contributed by atoms with Crippen molar-refractivity contribution in [1.29, 1.82) is 0 Å². The number of hydrogen-bond donors (Lipinski definition) is 0. The van der Waals surface area contributed by atoms with Crippen molar-refractivity contribution in [3.8, 4) is 56.3 Å². The molecule has 0 amide bonds. The molecule has 15 heterocycles. The molecule has 0 radical (unpaired) electrons. The predicted octanol–water partition coefficient (Wildman–Crippen LogP) is 28.5. The summed E-state index contributed by atoms with van der Waals surface area (Å²) in [7, 11) is 10.5. The van der Waals surface area contributed by atoms with E-state index in [1.54, 1.807) is 22.7 Å². The Morgan fingerprint density at radius 3 is 1.18 bits per heavy atom. The molecule has 0 unspecified atom stereocenters. The van der Waals surface area contributed by atoms with Crippen LogP contribution in [0.2, 0.25) is 0 Å². The van der Waals surface area contributed by atoms with Gasteiger partial charge < -0.3 is 17.7 Å². The Labute approximate surface area is 715 Å². The maximum atomic E-state index is 6.42. The lowest BCUT2D eigenvalue weighted by molar-refractivity contribution is -0.660. The van der Waals surface area contributed by atoms with Crippen LogP contribution in [0.25, 0.3) is 211 Å². The van der Waals surface area contributed by atoms with Crippen molar-refractivity contribution in [2.24, 2.45) is 35.2 Å². The lowest BCUT2D eigenvalue weighted by Crippen LogP contribution is -2.30. The van der Waals surface area contributed by atoms with Crippen molar-refractivity contribution in [2.45, 2.75) is 34.6 Å². The summed E-state index contributed by atoms with van der Waals surface area (Å²) in [6, 6.07) is 96.3. The van der Waals surface area contributed by atoms with E-state index < -0.39 is 0 Å². The third kappa shape index (κ3) is 12.6. The number of aromatic nitrogens is 5. The summed E-state index contributed by atoms with van der Waals surface area (Å²) in [5.74, 6) is 0. The van der Waals surface area contributed by atoms with Crippen molar-refractivity contribution in [3.63, 3.8) is 0 Å². The van der Waals surface area contributed by atoms with Gasteiger partial charge in [-0.1, -0.05) is 138 Å². The Kier molecular flexibility index (Phi) is 18.8. The number of furan rings is 4. The molecule has 25 rings (SSSR count). The second kappa shape index (κ2) is 30.2. The number of para-hydroxylation sites is 2. The summed E-state index contributed by atoms with van der Waals surface area (Å²) in [4.78, 5) is 2.02. The van der Waals surface area contributed by atoms with Gasteiger partial charge in [-0.3, -0.25) is 0 Å². The van der Waals surface area contributed by atoms with E-state index in [9.17, 15) is 0 Å². The molecule has 0 spiro atoms. The Balaban J connectivity index is 0.0000000928. The van der Waals surface area contributed by atoms with E-state index in [1.807, 2.05) is 81.7 Å². The van der Waals surface area contributed by atoms with Gasteiger partial charge in [0.05, 0.1) is 56.0 Å². The van der Waals surface area contributed by atoms with Crippen molar-refractivity contribution >= 4 is 223 Å². The molecule has 0 fully saturated rings. The van der Waals surface area contributed by atoms with Gasteiger partial charge in [-0.2, -0.15) is 0 Å². The van der Waals surface area contributed by atoms with Gasteiger partial charge in [-0.15, -0.1) is 45.3 Å². The number of aryl methyl sites for hydroxylation is 10. The number of hydrogen-bond acceptors (Lipinski definition) is 10. The van der Waals surface area contributed by atoms with E-state index >= 15 is 0 Å². The SMILES string of the molecule is Cc1cc2c(cc1-c1cccc[n+]1C)sc1c3ccccc3sc21.Cc1ccc2c(oc3c4ccccc4sc23)c1-c1cccc[n+]1C.Cc1ccc2c(oc3sc4ccccc4c32)c1-c1cccc[n+]1C.Cc1ccc2c(sc3c4ccccc4oc23)c1-c1cccc[n+]1C.Cc1ccc2c(sc3oc4ccccc4c32)c1-c1cccc[n+]1C. The van der Waals surface area contributed by atoms with Crippen LogP contribution in [0.5, 0.6) is 0 Å². The topological polar surface area (TPSA) is 72.0 Å². The minimum atomic E-state index is 0.966. The molecule has 0 saturated heterocycles. The first-order valence-corrected chi connectivity index (χ1v) is 45.0. The number of rotatable bonds is 5. The van der Waals surface area contributed by atoms with Crippen LogP contribution in [0, 0.1) is 34.6 Å². The Morgan fingerprint density at radius 2 is 0.600 bits per heavy atom. The van der Waals surface area contributed by atoms with Gasteiger partial charge in [0, 0.05) is 144 Å². The number of nitrogens with zero attached hydrogens (tertiary/aromatic N) is 5. The van der Waals surface area contributed by atoms with Gasteiger partial charge in [-0.25, -0.2) is 22.8 Å². The second-order valence-electron chi connectivity index (χ2n) is 31.0. The van der Waals surface area contributed by atoms with Gasteiger partial charge in [0.1, 0.15) is 52.0 Å². The standard InChI is InChI=1S/4C21H16NOS.C21H16NS2/c1-13-10-11-15-19-21(14-7-3-4-9-17(14)23-19)24-20(15)18(13)16-8-5-6-12-22(16)2;1-13-10-11-15-19(18(13)16-8-5-6-12-22(16)2)23-20-14-7-3-4-9-17(14)24-21(15)20;1-13-10-11-15-19-14-7-3-4-9-17(14)24-21(19)23-20(15)18(13)16-8-5-6-12-22(16)2;1-13-10-11-15-19-14-7-3-4-9-17(14)23-21(19)24-20(15)18(13)16-8-5-6-12-22(16)2;1-13-11-16-19(12-15(13)17-8-5-6-10-22(17)2)24-20-14-7-3-4-9-18(14)23-21(16)20/h5*3-12H,1-2H3/q5*+1. The zero-order valence-electron chi connectivity index (χ0n) is 67.7. The molecule has 0 N–H and O–H groups in total. The highest BCUT2D eigenvalue weighted by Crippen LogP contribution is 2.51. The minimum absolute atomic E-state index is 0.966. The third-order valence-electron chi connectivity index (χ3n) is 23.4. The fraction of sp³-hybridized carbons (Fsp3) is 0.0952. The quantitative estimate of drug-likeness (QED) is 0.161. The molecular formula is C105H80N5O4S6+5. The normalized spacial score (nSPS) is 11.8. The maximum absolute atomic E-state index is 6.42. The lowest BCUT2D eigenvalue weighted by atomic mass is 10.0. The number of thiophene rings is 6. The van der Waals surface area contributed by atoms with Gasteiger partial charge in [0.25, 0.3) is 0 Å². The monoisotopic (exact) mass is 1670 g/mol. The fourth-order valence-corrected chi connectivity index (χ4v) is 25.0. The van der Waals surface area contributed by atoms with Crippen LogP contribution in [0.3, 0.4) is 0 Å². The molecule has 0 bridgehead atoms. The van der Waals surface area contributed by atoms with Crippen LogP contribution >= 0.6 is 68.0 Å². The summed E-state index contributed by atoms with van der Waals surface area (Å²) >= 11 is 11.0. The van der Waals surface area contributed by atoms with E-state index in [2.05, 4.69) is 360 Å². The molecule has 15 aromatic heterocycles. The minimum Gasteiger partial charge on any atom is -0.454 e. The Bertz CT molecular complexity index is 7900. The molecule has 580 valence electrons. The Hall–Kier alpha value is -12.8. The van der Waals surface area contributed by atoms with Crippen LogP contribution in [0.1, 0.15) is 27.8 Å². The summed E-state index contributed by atoms with van der Waals surface area (Å²) < 4.78 is 49.2. The van der Waals surface area contributed by atoms with Gasteiger partial charge in [-0.05, 0) is 159 Å². The van der Waals surface area contributed by atoms with Crippen LogP contribution in [-0.2, 0) is 35.2 Å². The van der Waals surface area contributed by atoms with Crippen molar-refractivity contribution in [3.05, 3.63) is 332 Å². The fourth-order valence-electron chi connectivity index (χ4n) is 17.4. The molecule has 25 aromatic rings. The predicted molar refractivity (Wildman–Crippen MR) is 508 cm³/mol. The molecule has 0 aliphatic heterocycles. The zero-order valence-corrected chi connectivity index (χ0v) is 72.6. The summed E-state index contributed by atoms with van der Waals surface area (Å²) in [5, 5.41) is 15.1. The largest absolute Gasteiger partial charge is 0.454 e. The average molecular weight is 1670 g/mol. The maximum Gasteiger partial charge on any atom is 0.216 e. The van der Waals surface area contributed by atoms with E-state index in [1.165, 1.54) is 196 Å². The van der Waals surface area contributed by atoms with Gasteiger partial charge >= 0.3 is 0 Å². The number of pyridine rings is 5. The summed E-state index contributed by atoms with van der Waals surface area (Å²) in [5.41, 5.74) is 24.7. The van der Waals surface area contributed by atoms with E-state index in [-0.39, 0.29) is 0 Å². The summed E-state index contributed by atoms with van der Waals surface area (Å²) in [6.07, 6.45) is 10.5. The molecule has 9 nitrogen and oxygen atoms in total. The number of benzene rings is 10. The molecule has 0 aliphatic rings. The van der Waals surface area contributed by atoms with Crippen LogP contribution in [-0.4, -0.2) is 0 Å². The van der Waals surface area contributed by atoms with E-state index in [0.29, 0.717) is 0 Å². The molecule has 15 heteroatoms. The summed E-state index contributed by atoms with van der Waals surface area (Å²) in [6.45, 7) is 10.9. The highest BCUT2D eigenvalue weighted by Gasteiger charge is 2.28. The van der Waals surface area contributed by atoms with Crippen LogP contribution in [0.15, 0.2) is 322 Å². The van der Waals surface area contributed by atoms with E-state index in [4.69, 9.17) is 17.7 Å². The van der Waals surface area contributed by atoms with Crippen LogP contribution in [0.4, 0.5) is 0 Å². The Morgan fingerprint density at radius 1 is 0.217 bits per heavy atom. The molecular weight excluding hydrogens is 1590 g/mol. The second-order valence-corrected chi connectivity index (χ2v) is 37.2. The molecule has 120 heavy (non-hydrogen) atoms. The molecule has 0 atom stereocenters. The zero-order chi connectivity index (χ0) is 81.3. The first kappa shape index (κ1) is 74.7. The molecule has 10 aromatic carbocycles. The van der Waals surface area contributed by atoms with Crippen LogP contribution < -0.4 is 22.8 Å². The third-order valence-corrected chi connectivity index (χ3v) is 30.5. The van der Waals surface area contributed by atoms with Gasteiger partial charge in [0.15, 0.2) is 57.5 Å². The number of fused-ring (bicyclic) bond motifs is 25. The van der Waals surface area contributed by atoms with E-state index in [0.717, 1.165) is 43.3 Å². The van der Waals surface area contributed by atoms with Gasteiger partial charge in [0.2, 0.25) is 28.5 Å². The molecule has 0 aliphatic carbocycles. The smallest absolute Gasteiger partial charge is 0.216 e. The van der Waals surface area contributed by atoms with Crippen molar-refractivity contribution in [1.82, 2.24) is 0 Å². The highest BCUT2D eigenvalue weighted by atomic mass is 32.1. The molecule has 0 saturated carbocycles. The lowest BCUT2D eigenvalue weighted by Gasteiger charge is -2.06.